The van der Waals surface area contributed by atoms with Gasteiger partial charge in [-0.15, -0.1) is 24.8 Å². The van der Waals surface area contributed by atoms with Crippen LogP contribution in [0.25, 0.3) is 0 Å². The first-order chi connectivity index (χ1) is 11.9. The average molecular weight is 425 g/mol. The molecule has 3 N–H and O–H groups in total. The Morgan fingerprint density at radius 2 is 1.67 bits per heavy atom. The van der Waals surface area contributed by atoms with Gasteiger partial charge in [0.15, 0.2) is 0 Å². The number of amides is 1. The molecule has 0 aliphatic heterocycles. The predicted octanol–water partition coefficient (Wildman–Crippen LogP) is 4.63. The lowest BCUT2D eigenvalue weighted by Gasteiger charge is -2.10. The number of hydrogen-bond acceptors (Lipinski definition) is 4. The van der Waals surface area contributed by atoms with E-state index in [0.717, 1.165) is 25.2 Å². The van der Waals surface area contributed by atoms with Gasteiger partial charge in [-0.05, 0) is 56.4 Å². The molecule has 2 rings (SSSR count). The van der Waals surface area contributed by atoms with Crippen molar-refractivity contribution in [2.45, 2.75) is 19.0 Å². The molecular formula is C17H21Cl2F3N4O. The minimum Gasteiger partial charge on any atom is -0.340 e. The Morgan fingerprint density at radius 1 is 1.04 bits per heavy atom. The number of carbonyl (C=O) groups excluding carboxylic acids is 1. The van der Waals surface area contributed by atoms with E-state index in [-0.39, 0.29) is 30.7 Å². The van der Waals surface area contributed by atoms with Gasteiger partial charge in [-0.3, -0.25) is 4.79 Å². The van der Waals surface area contributed by atoms with E-state index >= 15 is 0 Å². The zero-order valence-corrected chi connectivity index (χ0v) is 16.1. The first kappa shape index (κ1) is 25.0. The molecule has 5 nitrogen and oxygen atoms in total. The van der Waals surface area contributed by atoms with E-state index in [2.05, 4.69) is 20.9 Å². The zero-order valence-electron chi connectivity index (χ0n) is 14.5. The Bertz CT molecular complexity index is 695. The van der Waals surface area contributed by atoms with Gasteiger partial charge in [-0.25, -0.2) is 4.98 Å². The molecule has 0 aliphatic carbocycles. The van der Waals surface area contributed by atoms with E-state index in [4.69, 9.17) is 0 Å². The van der Waals surface area contributed by atoms with E-state index in [9.17, 15) is 18.0 Å². The lowest BCUT2D eigenvalue weighted by atomic mass is 10.2. The topological polar surface area (TPSA) is 66.1 Å². The van der Waals surface area contributed by atoms with Crippen molar-refractivity contribution >= 4 is 47.9 Å². The Kier molecular flexibility index (Phi) is 10.8. The number of rotatable bonds is 7. The highest BCUT2D eigenvalue weighted by atomic mass is 35.5. The normalized spacial score (nSPS) is 10.4. The zero-order chi connectivity index (χ0) is 18.3. The number of hydrogen-bond donors (Lipinski definition) is 3. The summed E-state index contributed by atoms with van der Waals surface area (Å²) in [4.78, 5) is 15.5. The van der Waals surface area contributed by atoms with E-state index in [1.54, 1.807) is 24.3 Å². The summed E-state index contributed by atoms with van der Waals surface area (Å²) < 4.78 is 37.5. The second-order valence-corrected chi connectivity index (χ2v) is 5.39. The smallest absolute Gasteiger partial charge is 0.340 e. The number of anilines is 3. The van der Waals surface area contributed by atoms with Gasteiger partial charge in [-0.2, -0.15) is 13.2 Å². The molecule has 0 atom stereocenters. The predicted molar refractivity (Wildman–Crippen MR) is 105 cm³/mol. The van der Waals surface area contributed by atoms with Crippen LogP contribution in [0.4, 0.5) is 30.4 Å². The molecular weight excluding hydrogens is 404 g/mol. The molecule has 0 unspecified atom stereocenters. The monoisotopic (exact) mass is 424 g/mol. The summed E-state index contributed by atoms with van der Waals surface area (Å²) >= 11 is 0. The quantitative estimate of drug-likeness (QED) is 0.567. The van der Waals surface area contributed by atoms with Gasteiger partial charge in [0.1, 0.15) is 5.82 Å². The molecule has 0 saturated carbocycles. The Morgan fingerprint density at radius 3 is 2.19 bits per heavy atom. The second-order valence-electron chi connectivity index (χ2n) is 5.39. The minimum atomic E-state index is -4.40. The van der Waals surface area contributed by atoms with Crippen LogP contribution in [0, 0.1) is 0 Å². The first-order valence-corrected chi connectivity index (χ1v) is 7.73. The fourth-order valence-corrected chi connectivity index (χ4v) is 2.07. The van der Waals surface area contributed by atoms with Crippen LogP contribution in [0.3, 0.4) is 0 Å². The molecule has 1 aromatic carbocycles. The molecule has 2 aromatic rings. The Hall–Kier alpha value is -2.03. The van der Waals surface area contributed by atoms with Gasteiger partial charge in [0.05, 0.1) is 5.56 Å². The molecule has 0 spiro atoms. The van der Waals surface area contributed by atoms with E-state index < -0.39 is 11.7 Å². The third kappa shape index (κ3) is 8.47. The van der Waals surface area contributed by atoms with Gasteiger partial charge in [0.2, 0.25) is 5.91 Å². The number of pyridine rings is 1. The van der Waals surface area contributed by atoms with Crippen molar-refractivity contribution in [3.05, 3.63) is 48.2 Å². The average Bonchev–Trinajstić information content (AvgIpc) is 2.57. The molecule has 0 fully saturated rings. The number of nitrogens with zero attached hydrogens (tertiary/aromatic N) is 1. The summed E-state index contributed by atoms with van der Waals surface area (Å²) in [5.41, 5.74) is 0.509. The maximum Gasteiger partial charge on any atom is 0.417 e. The van der Waals surface area contributed by atoms with E-state index in [1.165, 1.54) is 6.07 Å². The Labute approximate surface area is 168 Å². The number of carbonyl (C=O) groups is 1. The van der Waals surface area contributed by atoms with Crippen LogP contribution in [0.1, 0.15) is 18.4 Å². The molecule has 0 aliphatic rings. The highest BCUT2D eigenvalue weighted by molar-refractivity contribution is 5.90. The fourth-order valence-electron chi connectivity index (χ4n) is 2.07. The highest BCUT2D eigenvalue weighted by Gasteiger charge is 2.30. The molecule has 1 heterocycles. The van der Waals surface area contributed by atoms with Crippen LogP contribution in [0.2, 0.25) is 0 Å². The van der Waals surface area contributed by atoms with Gasteiger partial charge < -0.3 is 16.0 Å². The Balaban J connectivity index is 0.00000338. The lowest BCUT2D eigenvalue weighted by molar-refractivity contribution is -0.137. The van der Waals surface area contributed by atoms with Gasteiger partial charge >= 0.3 is 6.18 Å². The van der Waals surface area contributed by atoms with Crippen LogP contribution in [0.15, 0.2) is 42.6 Å². The summed E-state index contributed by atoms with van der Waals surface area (Å²) in [7, 11) is 1.83. The molecule has 0 saturated heterocycles. The van der Waals surface area contributed by atoms with Crippen molar-refractivity contribution in [2.24, 2.45) is 0 Å². The minimum absolute atomic E-state index is 0. The van der Waals surface area contributed by atoms with E-state index in [0.29, 0.717) is 23.6 Å². The summed E-state index contributed by atoms with van der Waals surface area (Å²) in [5, 5.41) is 8.66. The largest absolute Gasteiger partial charge is 0.417 e. The van der Waals surface area contributed by atoms with Crippen LogP contribution in [-0.4, -0.2) is 24.5 Å². The van der Waals surface area contributed by atoms with E-state index in [1.807, 2.05) is 7.05 Å². The first-order valence-electron chi connectivity index (χ1n) is 7.73. The molecule has 1 aromatic heterocycles. The van der Waals surface area contributed by atoms with Crippen molar-refractivity contribution in [1.82, 2.24) is 10.3 Å². The molecule has 10 heteroatoms. The molecule has 150 valence electrons. The second kappa shape index (κ2) is 11.6. The number of aromatic nitrogens is 1. The summed E-state index contributed by atoms with van der Waals surface area (Å²) in [6, 6.07) is 9.07. The SMILES string of the molecule is CNCCCC(=O)Nc1ccc(Nc2ccc(C(F)(F)F)cn2)cc1.Cl.Cl. The molecule has 27 heavy (non-hydrogen) atoms. The van der Waals surface area contributed by atoms with Gasteiger partial charge in [0.25, 0.3) is 0 Å². The molecule has 0 bridgehead atoms. The lowest BCUT2D eigenvalue weighted by Crippen LogP contribution is -2.15. The van der Waals surface area contributed by atoms with Crippen LogP contribution < -0.4 is 16.0 Å². The van der Waals surface area contributed by atoms with Crippen molar-refractivity contribution in [3.8, 4) is 0 Å². The fraction of sp³-hybridized carbons (Fsp3) is 0.294. The standard InChI is InChI=1S/C17H19F3N4O.2ClH/c1-21-10-2-3-16(25)24-14-7-5-13(6-8-14)23-15-9-4-12(11-22-15)17(18,19)20;;/h4-9,11,21H,2-3,10H2,1H3,(H,22,23)(H,24,25);2*1H. The van der Waals surface area contributed by atoms with Crippen LogP contribution in [-0.2, 0) is 11.0 Å². The van der Waals surface area contributed by atoms with Gasteiger partial charge in [0, 0.05) is 24.0 Å². The number of halogens is 5. The van der Waals surface area contributed by atoms with Gasteiger partial charge in [-0.1, -0.05) is 0 Å². The van der Waals surface area contributed by atoms with Crippen molar-refractivity contribution in [2.75, 3.05) is 24.2 Å². The molecule has 1 amide bonds. The molecule has 0 radical (unpaired) electrons. The van der Waals surface area contributed by atoms with Crippen molar-refractivity contribution in [1.29, 1.82) is 0 Å². The number of benzene rings is 1. The van der Waals surface area contributed by atoms with Crippen molar-refractivity contribution < 1.29 is 18.0 Å². The van der Waals surface area contributed by atoms with Crippen LogP contribution in [0.5, 0.6) is 0 Å². The third-order valence-corrected chi connectivity index (χ3v) is 3.36. The number of alkyl halides is 3. The summed E-state index contributed by atoms with van der Waals surface area (Å²) in [5.74, 6) is 0.234. The summed E-state index contributed by atoms with van der Waals surface area (Å²) in [6.07, 6.45) is -2.45. The van der Waals surface area contributed by atoms with Crippen LogP contribution >= 0.6 is 24.8 Å². The highest BCUT2D eigenvalue weighted by Crippen LogP contribution is 2.29. The van der Waals surface area contributed by atoms with Crippen molar-refractivity contribution in [3.63, 3.8) is 0 Å². The number of nitrogens with one attached hydrogen (secondary N) is 3. The summed E-state index contributed by atoms with van der Waals surface area (Å²) in [6.45, 7) is 0.774. The maximum absolute atomic E-state index is 12.5. The maximum atomic E-state index is 12.5. The third-order valence-electron chi connectivity index (χ3n) is 3.36.